The van der Waals surface area contributed by atoms with E-state index >= 15 is 0 Å². The van der Waals surface area contributed by atoms with Gasteiger partial charge in [-0.25, -0.2) is 0 Å². The molecule has 1 amide bonds. The van der Waals surface area contributed by atoms with E-state index in [9.17, 15) is 4.79 Å². The van der Waals surface area contributed by atoms with Crippen LogP contribution in [0.2, 0.25) is 0 Å². The van der Waals surface area contributed by atoms with Gasteiger partial charge in [-0.05, 0) is 43.6 Å². The van der Waals surface area contributed by atoms with Gasteiger partial charge in [-0.1, -0.05) is 12.1 Å². The number of nitrogens with one attached hydrogen (secondary N) is 1. The van der Waals surface area contributed by atoms with Gasteiger partial charge in [0.25, 0.3) is 0 Å². The molecular weight excluding hydrogens is 252 g/mol. The van der Waals surface area contributed by atoms with Gasteiger partial charge in [-0.3, -0.25) is 9.48 Å². The molecule has 2 aromatic rings. The number of hydrogen-bond donors (Lipinski definition) is 2. The Morgan fingerprint density at radius 2 is 1.90 bits per heavy atom. The lowest BCUT2D eigenvalue weighted by molar-refractivity contribution is 0.100. The van der Waals surface area contributed by atoms with Crippen LogP contribution in [0, 0.1) is 0 Å². The van der Waals surface area contributed by atoms with Crippen molar-refractivity contribution in [1.29, 1.82) is 0 Å². The monoisotopic (exact) mass is 270 g/mol. The molecule has 0 atom stereocenters. The third-order valence-corrected chi connectivity index (χ3v) is 3.79. The third kappa shape index (κ3) is 2.58. The van der Waals surface area contributed by atoms with Crippen molar-refractivity contribution in [2.45, 2.75) is 18.9 Å². The molecule has 20 heavy (non-hydrogen) atoms. The molecular formula is C15H18N4O. The first kappa shape index (κ1) is 12.9. The van der Waals surface area contributed by atoms with E-state index in [0.717, 1.165) is 37.1 Å². The second kappa shape index (κ2) is 5.46. The Bertz CT molecular complexity index is 597. The van der Waals surface area contributed by atoms with Gasteiger partial charge in [-0.15, -0.1) is 0 Å². The van der Waals surface area contributed by atoms with E-state index < -0.39 is 5.91 Å². The maximum Gasteiger partial charge on any atom is 0.248 e. The van der Waals surface area contributed by atoms with E-state index in [4.69, 9.17) is 5.73 Å². The number of nitrogens with two attached hydrogens (primary N) is 1. The first-order valence-electron chi connectivity index (χ1n) is 6.89. The highest BCUT2D eigenvalue weighted by atomic mass is 16.1. The van der Waals surface area contributed by atoms with Crippen LogP contribution in [0.15, 0.2) is 36.7 Å². The highest BCUT2D eigenvalue weighted by molar-refractivity contribution is 5.93. The average molecular weight is 270 g/mol. The van der Waals surface area contributed by atoms with E-state index in [1.54, 1.807) is 12.1 Å². The Balaban J connectivity index is 1.80. The maximum atomic E-state index is 11.1. The number of carbonyl (C=O) groups excluding carboxylic acids is 1. The molecule has 1 aromatic heterocycles. The van der Waals surface area contributed by atoms with Crippen LogP contribution in [0.4, 0.5) is 0 Å². The topological polar surface area (TPSA) is 72.9 Å². The molecule has 3 N–H and O–H groups in total. The van der Waals surface area contributed by atoms with Crippen LogP contribution in [0.25, 0.3) is 11.1 Å². The largest absolute Gasteiger partial charge is 0.366 e. The summed E-state index contributed by atoms with van der Waals surface area (Å²) < 4.78 is 2.05. The lowest BCUT2D eigenvalue weighted by atomic mass is 10.1. The van der Waals surface area contributed by atoms with Gasteiger partial charge in [0.15, 0.2) is 0 Å². The summed E-state index contributed by atoms with van der Waals surface area (Å²) in [7, 11) is 0. The number of primary amides is 1. The highest BCUT2D eigenvalue weighted by Crippen LogP contribution is 2.23. The lowest BCUT2D eigenvalue weighted by Gasteiger charge is -2.22. The number of piperidine rings is 1. The number of benzene rings is 1. The molecule has 0 unspecified atom stereocenters. The molecule has 1 fully saturated rings. The summed E-state index contributed by atoms with van der Waals surface area (Å²) in [6.07, 6.45) is 6.18. The Labute approximate surface area is 117 Å². The summed E-state index contributed by atoms with van der Waals surface area (Å²) in [6.45, 7) is 2.10. The minimum Gasteiger partial charge on any atom is -0.366 e. The summed E-state index contributed by atoms with van der Waals surface area (Å²) in [5, 5.41) is 7.83. The molecule has 0 bridgehead atoms. The van der Waals surface area contributed by atoms with Crippen LogP contribution in [0.3, 0.4) is 0 Å². The number of amides is 1. The Morgan fingerprint density at radius 3 is 2.55 bits per heavy atom. The Morgan fingerprint density at radius 1 is 1.20 bits per heavy atom. The van der Waals surface area contributed by atoms with E-state index in [1.165, 1.54) is 0 Å². The molecule has 1 aromatic carbocycles. The van der Waals surface area contributed by atoms with Crippen molar-refractivity contribution in [3.05, 3.63) is 42.2 Å². The van der Waals surface area contributed by atoms with Crippen molar-refractivity contribution in [3.63, 3.8) is 0 Å². The standard InChI is InChI=1S/C15H18N4O/c16-15(20)12-3-1-11(2-4-12)13-9-18-19(10-13)14-5-7-17-8-6-14/h1-4,9-10,14,17H,5-8H2,(H2,16,20). The molecule has 1 aliphatic rings. The zero-order valence-corrected chi connectivity index (χ0v) is 11.2. The van der Waals surface area contributed by atoms with Crippen molar-refractivity contribution in [2.75, 3.05) is 13.1 Å². The fraction of sp³-hybridized carbons (Fsp3) is 0.333. The average Bonchev–Trinajstić information content (AvgIpc) is 2.98. The molecule has 5 heteroatoms. The normalized spacial score (nSPS) is 16.2. The second-order valence-corrected chi connectivity index (χ2v) is 5.13. The predicted octanol–water partition coefficient (Wildman–Crippen LogP) is 1.57. The minimum absolute atomic E-state index is 0.401. The number of hydrogen-bond acceptors (Lipinski definition) is 3. The molecule has 0 saturated carbocycles. The van der Waals surface area contributed by atoms with Crippen LogP contribution >= 0.6 is 0 Å². The predicted molar refractivity (Wildman–Crippen MR) is 77.3 cm³/mol. The summed E-state index contributed by atoms with van der Waals surface area (Å²) in [5.41, 5.74) is 7.89. The molecule has 1 aliphatic heterocycles. The van der Waals surface area contributed by atoms with Gasteiger partial charge in [0.05, 0.1) is 12.2 Å². The van der Waals surface area contributed by atoms with Crippen LogP contribution in [-0.4, -0.2) is 28.8 Å². The van der Waals surface area contributed by atoms with Gasteiger partial charge in [-0.2, -0.15) is 5.10 Å². The molecule has 3 rings (SSSR count). The van der Waals surface area contributed by atoms with Crippen LogP contribution in [0.1, 0.15) is 29.2 Å². The highest BCUT2D eigenvalue weighted by Gasteiger charge is 2.15. The van der Waals surface area contributed by atoms with Crippen LogP contribution < -0.4 is 11.1 Å². The summed E-state index contributed by atoms with van der Waals surface area (Å²) >= 11 is 0. The smallest absolute Gasteiger partial charge is 0.248 e. The SMILES string of the molecule is NC(=O)c1ccc(-c2cnn(C3CCNCC3)c2)cc1. The van der Waals surface area contributed by atoms with E-state index in [2.05, 4.69) is 21.3 Å². The number of aromatic nitrogens is 2. The Hall–Kier alpha value is -2.14. The van der Waals surface area contributed by atoms with Crippen molar-refractivity contribution in [1.82, 2.24) is 15.1 Å². The first-order valence-corrected chi connectivity index (χ1v) is 6.89. The molecule has 0 spiro atoms. The fourth-order valence-corrected chi connectivity index (χ4v) is 2.58. The molecule has 0 aliphatic carbocycles. The maximum absolute atomic E-state index is 11.1. The molecule has 0 radical (unpaired) electrons. The Kier molecular flexibility index (Phi) is 3.52. The van der Waals surface area contributed by atoms with Crippen molar-refractivity contribution < 1.29 is 4.79 Å². The van der Waals surface area contributed by atoms with Gasteiger partial charge >= 0.3 is 0 Å². The van der Waals surface area contributed by atoms with Gasteiger partial charge < -0.3 is 11.1 Å². The van der Waals surface area contributed by atoms with Crippen LogP contribution in [-0.2, 0) is 0 Å². The third-order valence-electron chi connectivity index (χ3n) is 3.79. The van der Waals surface area contributed by atoms with Crippen molar-refractivity contribution in [2.24, 2.45) is 5.73 Å². The summed E-state index contributed by atoms with van der Waals surface area (Å²) in [4.78, 5) is 11.1. The molecule has 2 heterocycles. The van der Waals surface area contributed by atoms with Crippen LogP contribution in [0.5, 0.6) is 0 Å². The zero-order chi connectivity index (χ0) is 13.9. The quantitative estimate of drug-likeness (QED) is 0.889. The lowest BCUT2D eigenvalue weighted by Crippen LogP contribution is -2.29. The number of carbonyl (C=O) groups is 1. The fourth-order valence-electron chi connectivity index (χ4n) is 2.58. The summed E-state index contributed by atoms with van der Waals surface area (Å²) in [6, 6.07) is 7.79. The number of rotatable bonds is 3. The molecule has 5 nitrogen and oxygen atoms in total. The molecule has 104 valence electrons. The van der Waals surface area contributed by atoms with Crippen molar-refractivity contribution >= 4 is 5.91 Å². The van der Waals surface area contributed by atoms with Crippen molar-refractivity contribution in [3.8, 4) is 11.1 Å². The van der Waals surface area contributed by atoms with E-state index in [0.29, 0.717) is 11.6 Å². The zero-order valence-electron chi connectivity index (χ0n) is 11.2. The summed E-state index contributed by atoms with van der Waals surface area (Å²) in [5.74, 6) is -0.401. The van der Waals surface area contributed by atoms with Gasteiger partial charge in [0, 0.05) is 17.3 Å². The van der Waals surface area contributed by atoms with Gasteiger partial charge in [0.2, 0.25) is 5.91 Å². The number of nitrogens with zero attached hydrogens (tertiary/aromatic N) is 2. The van der Waals surface area contributed by atoms with E-state index in [1.807, 2.05) is 18.3 Å². The van der Waals surface area contributed by atoms with E-state index in [-0.39, 0.29) is 0 Å². The molecule has 1 saturated heterocycles. The second-order valence-electron chi connectivity index (χ2n) is 5.13. The minimum atomic E-state index is -0.401. The van der Waals surface area contributed by atoms with Gasteiger partial charge in [0.1, 0.15) is 0 Å². The first-order chi connectivity index (χ1) is 9.74.